The van der Waals surface area contributed by atoms with Crippen LogP contribution in [0.25, 0.3) is 0 Å². The van der Waals surface area contributed by atoms with Crippen LogP contribution in [0.15, 0.2) is 0 Å². The molecule has 2 unspecified atom stereocenters. The molecule has 0 spiro atoms. The molecule has 2 atom stereocenters. The highest BCUT2D eigenvalue weighted by Crippen LogP contribution is 2.05. The molecule has 1 amide bonds. The third-order valence-electron chi connectivity index (χ3n) is 2.56. The summed E-state index contributed by atoms with van der Waals surface area (Å²) >= 11 is 0. The van der Waals surface area contributed by atoms with Crippen molar-refractivity contribution in [1.29, 1.82) is 0 Å². The molecule has 0 aromatic carbocycles. The van der Waals surface area contributed by atoms with E-state index in [2.05, 4.69) is 10.6 Å². The molecule has 0 aromatic heterocycles. The van der Waals surface area contributed by atoms with E-state index in [-0.39, 0.29) is 12.0 Å². The quantitative estimate of drug-likeness (QED) is 0.467. The third-order valence-corrected chi connectivity index (χ3v) is 2.56. The van der Waals surface area contributed by atoms with Crippen molar-refractivity contribution in [2.45, 2.75) is 37.8 Å². The van der Waals surface area contributed by atoms with Crippen LogP contribution in [-0.4, -0.2) is 47.3 Å². The molecule has 92 valence electrons. The highest BCUT2D eigenvalue weighted by atomic mass is 16.4. The molecule has 4 N–H and O–H groups in total. The topological polar surface area (TPSA) is 98.7 Å². The molecule has 0 bridgehead atoms. The lowest BCUT2D eigenvalue weighted by Gasteiger charge is -2.16. The standard InChI is InChI=1S/C5H7NO3.C5H11NO/c7-4-2-1-3(6-4)5(8)9;7-5-2-1-3-6-4-5/h3H,1-2H2,(H,6,7)(H,8,9);5-7H,1-4H2. The minimum Gasteiger partial charge on any atom is -0.480 e. The largest absolute Gasteiger partial charge is 0.480 e. The van der Waals surface area contributed by atoms with E-state index in [9.17, 15) is 9.59 Å². The van der Waals surface area contributed by atoms with Crippen molar-refractivity contribution in [3.8, 4) is 0 Å². The van der Waals surface area contributed by atoms with Gasteiger partial charge in [-0.25, -0.2) is 4.79 Å². The van der Waals surface area contributed by atoms with Crippen LogP contribution in [0.2, 0.25) is 0 Å². The second-order valence-corrected chi connectivity index (χ2v) is 4.00. The van der Waals surface area contributed by atoms with Gasteiger partial charge in [-0.3, -0.25) is 4.79 Å². The molecule has 16 heavy (non-hydrogen) atoms. The van der Waals surface area contributed by atoms with Gasteiger partial charge in [-0.1, -0.05) is 0 Å². The maximum absolute atomic E-state index is 10.4. The lowest BCUT2D eigenvalue weighted by Crippen LogP contribution is -2.33. The molecule has 0 aromatic rings. The fourth-order valence-electron chi connectivity index (χ4n) is 1.63. The molecule has 0 aliphatic carbocycles. The van der Waals surface area contributed by atoms with E-state index < -0.39 is 12.0 Å². The van der Waals surface area contributed by atoms with Crippen molar-refractivity contribution in [1.82, 2.24) is 10.6 Å². The number of hydrogen-bond acceptors (Lipinski definition) is 4. The van der Waals surface area contributed by atoms with E-state index in [1.54, 1.807) is 0 Å². The number of piperidine rings is 1. The summed E-state index contributed by atoms with van der Waals surface area (Å²) in [5.74, 6) is -1.11. The Kier molecular flexibility index (Phi) is 5.21. The van der Waals surface area contributed by atoms with Crippen molar-refractivity contribution >= 4 is 11.9 Å². The fourth-order valence-corrected chi connectivity index (χ4v) is 1.63. The van der Waals surface area contributed by atoms with Gasteiger partial charge in [0.1, 0.15) is 6.04 Å². The molecule has 0 radical (unpaired) electrons. The number of carboxylic acid groups (broad SMARTS) is 1. The number of rotatable bonds is 1. The van der Waals surface area contributed by atoms with E-state index in [0.29, 0.717) is 12.8 Å². The molecule has 0 saturated carbocycles. The molecule has 2 saturated heterocycles. The molecule has 2 heterocycles. The fraction of sp³-hybridized carbons (Fsp3) is 0.800. The Bertz CT molecular complexity index is 251. The number of β-amino-alcohol motifs (C(OH)–C–C–N with tert-alkyl or cyclic N) is 1. The van der Waals surface area contributed by atoms with Gasteiger partial charge in [0.15, 0.2) is 0 Å². The number of carbonyl (C=O) groups is 2. The summed E-state index contributed by atoms with van der Waals surface area (Å²) < 4.78 is 0. The summed E-state index contributed by atoms with van der Waals surface area (Å²) in [6.45, 7) is 1.87. The van der Waals surface area contributed by atoms with E-state index in [0.717, 1.165) is 25.9 Å². The highest BCUT2D eigenvalue weighted by molar-refractivity contribution is 5.87. The Morgan fingerprint density at radius 1 is 1.38 bits per heavy atom. The van der Waals surface area contributed by atoms with Crippen LogP contribution < -0.4 is 10.6 Å². The first-order valence-corrected chi connectivity index (χ1v) is 5.50. The van der Waals surface area contributed by atoms with Crippen molar-refractivity contribution in [2.75, 3.05) is 13.1 Å². The molecule has 6 heteroatoms. The zero-order chi connectivity index (χ0) is 12.0. The first-order chi connectivity index (χ1) is 7.59. The number of carboxylic acids is 1. The smallest absolute Gasteiger partial charge is 0.326 e. The molecule has 2 rings (SSSR count). The zero-order valence-electron chi connectivity index (χ0n) is 9.11. The summed E-state index contributed by atoms with van der Waals surface area (Å²) in [5.41, 5.74) is 0. The Balaban J connectivity index is 0.000000165. The van der Waals surface area contributed by atoms with Crippen LogP contribution in [0.3, 0.4) is 0 Å². The average Bonchev–Trinajstić information content (AvgIpc) is 2.67. The van der Waals surface area contributed by atoms with Gasteiger partial charge in [-0.05, 0) is 25.8 Å². The summed E-state index contributed by atoms with van der Waals surface area (Å²) in [6, 6.07) is -0.641. The Labute approximate surface area is 94.0 Å². The van der Waals surface area contributed by atoms with Gasteiger partial charge in [-0.15, -0.1) is 0 Å². The van der Waals surface area contributed by atoms with Crippen LogP contribution in [0.4, 0.5) is 0 Å². The highest BCUT2D eigenvalue weighted by Gasteiger charge is 2.26. The van der Waals surface area contributed by atoms with Crippen LogP contribution in [-0.2, 0) is 9.59 Å². The van der Waals surface area contributed by atoms with Crippen LogP contribution >= 0.6 is 0 Å². The van der Waals surface area contributed by atoms with Crippen molar-refractivity contribution in [2.24, 2.45) is 0 Å². The van der Waals surface area contributed by atoms with Gasteiger partial charge < -0.3 is 20.8 Å². The van der Waals surface area contributed by atoms with E-state index >= 15 is 0 Å². The van der Waals surface area contributed by atoms with Gasteiger partial charge in [-0.2, -0.15) is 0 Å². The number of nitrogens with one attached hydrogen (secondary N) is 2. The number of aliphatic hydroxyl groups is 1. The summed E-state index contributed by atoms with van der Waals surface area (Å²) in [7, 11) is 0. The Morgan fingerprint density at radius 3 is 2.38 bits per heavy atom. The van der Waals surface area contributed by atoms with Gasteiger partial charge in [0, 0.05) is 13.0 Å². The van der Waals surface area contributed by atoms with Crippen molar-refractivity contribution in [3.05, 3.63) is 0 Å². The molecule has 6 nitrogen and oxygen atoms in total. The monoisotopic (exact) mass is 230 g/mol. The Morgan fingerprint density at radius 2 is 2.12 bits per heavy atom. The normalized spacial score (nSPS) is 28.9. The number of carbonyl (C=O) groups excluding carboxylic acids is 1. The van der Waals surface area contributed by atoms with E-state index in [4.69, 9.17) is 10.2 Å². The van der Waals surface area contributed by atoms with E-state index in [1.165, 1.54) is 0 Å². The second kappa shape index (κ2) is 6.44. The second-order valence-electron chi connectivity index (χ2n) is 4.00. The number of aliphatic carboxylic acids is 1. The van der Waals surface area contributed by atoms with Crippen LogP contribution in [0.1, 0.15) is 25.7 Å². The summed E-state index contributed by atoms with van der Waals surface area (Å²) in [6.07, 6.45) is 2.80. The van der Waals surface area contributed by atoms with Crippen molar-refractivity contribution in [3.63, 3.8) is 0 Å². The minimum atomic E-state index is -0.944. The molecule has 2 aliphatic heterocycles. The summed E-state index contributed by atoms with van der Waals surface area (Å²) in [4.78, 5) is 20.5. The minimum absolute atomic E-state index is 0.0752. The van der Waals surface area contributed by atoms with E-state index in [1.807, 2.05) is 0 Å². The number of aliphatic hydroxyl groups excluding tert-OH is 1. The summed E-state index contributed by atoms with van der Waals surface area (Å²) in [5, 5.41) is 22.6. The SMILES string of the molecule is O=C1CCC(C(=O)O)N1.OC1CCCNC1. The molecular formula is C10H18N2O4. The third kappa shape index (κ3) is 4.59. The lowest BCUT2D eigenvalue weighted by molar-refractivity contribution is -0.140. The maximum atomic E-state index is 10.4. The molecule has 2 aliphatic rings. The zero-order valence-corrected chi connectivity index (χ0v) is 9.11. The molecular weight excluding hydrogens is 212 g/mol. The van der Waals surface area contributed by atoms with Gasteiger partial charge in [0.2, 0.25) is 5.91 Å². The number of amides is 1. The number of hydrogen-bond donors (Lipinski definition) is 4. The van der Waals surface area contributed by atoms with Gasteiger partial charge >= 0.3 is 5.97 Å². The van der Waals surface area contributed by atoms with Gasteiger partial charge in [0.25, 0.3) is 0 Å². The predicted octanol–water partition coefficient (Wildman–Crippen LogP) is -0.920. The predicted molar refractivity (Wildman–Crippen MR) is 56.9 cm³/mol. The van der Waals surface area contributed by atoms with Gasteiger partial charge in [0.05, 0.1) is 6.10 Å². The van der Waals surface area contributed by atoms with Crippen LogP contribution in [0.5, 0.6) is 0 Å². The first-order valence-electron chi connectivity index (χ1n) is 5.50. The maximum Gasteiger partial charge on any atom is 0.326 e. The average molecular weight is 230 g/mol. The van der Waals surface area contributed by atoms with Crippen molar-refractivity contribution < 1.29 is 19.8 Å². The molecule has 2 fully saturated rings. The first kappa shape index (κ1) is 12.9. The lowest BCUT2D eigenvalue weighted by atomic mass is 10.1. The Hall–Kier alpha value is -1.14. The van der Waals surface area contributed by atoms with Crippen LogP contribution in [0, 0.1) is 0 Å².